The Hall–Kier alpha value is -0.820. The second-order valence-electron chi connectivity index (χ2n) is 5.15. The van der Waals surface area contributed by atoms with Gasteiger partial charge in [-0.1, -0.05) is 38.1 Å². The minimum Gasteiger partial charge on any atom is -0.306 e. The summed E-state index contributed by atoms with van der Waals surface area (Å²) in [5, 5.41) is 0. The van der Waals surface area contributed by atoms with Crippen molar-refractivity contribution < 1.29 is 0 Å². The molecule has 1 aliphatic carbocycles. The van der Waals surface area contributed by atoms with Crippen molar-refractivity contribution in [2.75, 3.05) is 20.1 Å². The summed E-state index contributed by atoms with van der Waals surface area (Å²) in [5.41, 5.74) is 3.24. The van der Waals surface area contributed by atoms with E-state index in [1.54, 1.807) is 11.1 Å². The van der Waals surface area contributed by atoms with Crippen molar-refractivity contribution in [2.24, 2.45) is 5.92 Å². The van der Waals surface area contributed by atoms with Crippen LogP contribution in [0, 0.1) is 5.92 Å². The monoisotopic (exact) mass is 231 g/mol. The molecule has 1 heterocycles. The molecule has 1 nitrogen and oxygen atoms in total. The van der Waals surface area contributed by atoms with Gasteiger partial charge in [0.15, 0.2) is 0 Å². The maximum absolute atomic E-state index is 2.49. The van der Waals surface area contributed by atoms with E-state index in [0.717, 1.165) is 11.8 Å². The Morgan fingerprint density at radius 2 is 1.88 bits per heavy atom. The largest absolute Gasteiger partial charge is 0.306 e. The molecule has 0 radical (unpaired) electrons. The van der Waals surface area contributed by atoms with Crippen LogP contribution in [0.15, 0.2) is 24.3 Å². The molecule has 1 saturated heterocycles. The van der Waals surface area contributed by atoms with Gasteiger partial charge >= 0.3 is 0 Å². The number of likely N-dealkylation sites (tertiary alicyclic amines) is 1. The van der Waals surface area contributed by atoms with Crippen molar-refractivity contribution in [1.82, 2.24) is 4.90 Å². The van der Waals surface area contributed by atoms with E-state index in [1.807, 2.05) is 13.8 Å². The van der Waals surface area contributed by atoms with Gasteiger partial charge in [0.1, 0.15) is 0 Å². The molecule has 1 fully saturated rings. The number of nitrogens with zero attached hydrogens (tertiary/aromatic N) is 1. The first-order chi connectivity index (χ1) is 8.34. The second-order valence-corrected chi connectivity index (χ2v) is 5.15. The third kappa shape index (κ3) is 2.55. The SMILES string of the molecule is CC.CN1CCC2CCc3ccccc3C2C1. The number of fused-ring (bicyclic) bond motifs is 3. The molecule has 17 heavy (non-hydrogen) atoms. The standard InChI is InChI=1S/C14H19N.C2H6/c1-15-9-8-12-7-6-11-4-2-3-5-13(11)14(12)10-15;1-2/h2-5,12,14H,6-10H2,1H3;1-2H3. The van der Waals surface area contributed by atoms with E-state index < -0.39 is 0 Å². The lowest BCUT2D eigenvalue weighted by molar-refractivity contribution is 0.174. The molecule has 1 aliphatic heterocycles. The topological polar surface area (TPSA) is 3.24 Å². The van der Waals surface area contributed by atoms with E-state index in [4.69, 9.17) is 0 Å². The van der Waals surface area contributed by atoms with Gasteiger partial charge in [-0.3, -0.25) is 0 Å². The van der Waals surface area contributed by atoms with Gasteiger partial charge in [-0.25, -0.2) is 0 Å². The van der Waals surface area contributed by atoms with Gasteiger partial charge in [0.25, 0.3) is 0 Å². The van der Waals surface area contributed by atoms with E-state index in [-0.39, 0.29) is 0 Å². The molecule has 0 bridgehead atoms. The Balaban J connectivity index is 0.000000514. The predicted octanol–water partition coefficient (Wildman–Crippen LogP) is 3.69. The summed E-state index contributed by atoms with van der Waals surface area (Å²) in [6.45, 7) is 6.56. The maximum Gasteiger partial charge on any atom is 0.00500 e. The van der Waals surface area contributed by atoms with Crippen LogP contribution < -0.4 is 0 Å². The smallest absolute Gasteiger partial charge is 0.00500 e. The van der Waals surface area contributed by atoms with E-state index in [1.165, 1.54) is 32.4 Å². The number of likely N-dealkylation sites (N-methyl/N-ethyl adjacent to an activating group) is 1. The van der Waals surface area contributed by atoms with Gasteiger partial charge in [-0.2, -0.15) is 0 Å². The Kier molecular flexibility index (Phi) is 4.22. The third-order valence-corrected chi connectivity index (χ3v) is 4.20. The fourth-order valence-corrected chi connectivity index (χ4v) is 3.33. The van der Waals surface area contributed by atoms with Crippen molar-refractivity contribution in [1.29, 1.82) is 0 Å². The first-order valence-electron chi connectivity index (χ1n) is 7.11. The number of hydrogen-bond acceptors (Lipinski definition) is 1. The number of aryl methyl sites for hydroxylation is 1. The molecule has 94 valence electrons. The first-order valence-corrected chi connectivity index (χ1v) is 7.11. The van der Waals surface area contributed by atoms with Gasteiger partial charge in [-0.05, 0) is 55.8 Å². The second kappa shape index (κ2) is 5.68. The van der Waals surface area contributed by atoms with Crippen LogP contribution in [0.25, 0.3) is 0 Å². The number of hydrogen-bond donors (Lipinski definition) is 0. The van der Waals surface area contributed by atoms with Gasteiger partial charge in [0, 0.05) is 6.54 Å². The molecule has 2 atom stereocenters. The quantitative estimate of drug-likeness (QED) is 0.658. The molecule has 1 heteroatoms. The summed E-state index contributed by atoms with van der Waals surface area (Å²) in [7, 11) is 2.26. The summed E-state index contributed by atoms with van der Waals surface area (Å²) < 4.78 is 0. The Bertz CT molecular complexity index is 358. The van der Waals surface area contributed by atoms with Crippen molar-refractivity contribution in [3.63, 3.8) is 0 Å². The van der Waals surface area contributed by atoms with Gasteiger partial charge in [0.2, 0.25) is 0 Å². The molecular formula is C16H25N. The highest BCUT2D eigenvalue weighted by Gasteiger charge is 2.32. The van der Waals surface area contributed by atoms with Crippen molar-refractivity contribution >= 4 is 0 Å². The van der Waals surface area contributed by atoms with Gasteiger partial charge < -0.3 is 4.90 Å². The van der Waals surface area contributed by atoms with Crippen molar-refractivity contribution in [3.8, 4) is 0 Å². The Labute approximate surface area is 106 Å². The highest BCUT2D eigenvalue weighted by molar-refractivity contribution is 5.34. The van der Waals surface area contributed by atoms with Crippen LogP contribution >= 0.6 is 0 Å². The van der Waals surface area contributed by atoms with E-state index in [2.05, 4.69) is 36.2 Å². The minimum absolute atomic E-state index is 0.814. The normalized spacial score (nSPS) is 27.5. The van der Waals surface area contributed by atoms with Crippen LogP contribution in [0.1, 0.15) is 43.7 Å². The fourth-order valence-electron chi connectivity index (χ4n) is 3.33. The van der Waals surface area contributed by atoms with E-state index in [0.29, 0.717) is 0 Å². The first kappa shape index (κ1) is 12.6. The van der Waals surface area contributed by atoms with Crippen LogP contribution in [0.2, 0.25) is 0 Å². The van der Waals surface area contributed by atoms with Gasteiger partial charge in [0.05, 0.1) is 0 Å². The fraction of sp³-hybridized carbons (Fsp3) is 0.625. The molecule has 0 amide bonds. The molecule has 1 aromatic carbocycles. The summed E-state index contributed by atoms with van der Waals surface area (Å²) in [5.74, 6) is 1.77. The summed E-state index contributed by atoms with van der Waals surface area (Å²) in [6.07, 6.45) is 4.12. The molecule has 3 rings (SSSR count). The number of rotatable bonds is 0. The molecular weight excluding hydrogens is 206 g/mol. The zero-order valence-corrected chi connectivity index (χ0v) is 11.4. The van der Waals surface area contributed by atoms with Crippen LogP contribution in [0.4, 0.5) is 0 Å². The summed E-state index contributed by atoms with van der Waals surface area (Å²) in [4.78, 5) is 2.49. The zero-order chi connectivity index (χ0) is 12.3. The molecule has 2 unspecified atom stereocenters. The lowest BCUT2D eigenvalue weighted by Crippen LogP contribution is -2.38. The maximum atomic E-state index is 2.49. The number of piperidine rings is 1. The van der Waals surface area contributed by atoms with Crippen molar-refractivity contribution in [3.05, 3.63) is 35.4 Å². The third-order valence-electron chi connectivity index (χ3n) is 4.20. The summed E-state index contributed by atoms with van der Waals surface area (Å²) >= 11 is 0. The van der Waals surface area contributed by atoms with Crippen LogP contribution in [0.3, 0.4) is 0 Å². The Morgan fingerprint density at radius 3 is 2.71 bits per heavy atom. The lowest BCUT2D eigenvalue weighted by atomic mass is 9.72. The average molecular weight is 231 g/mol. The minimum atomic E-state index is 0.814. The van der Waals surface area contributed by atoms with Crippen molar-refractivity contribution in [2.45, 2.75) is 39.0 Å². The van der Waals surface area contributed by atoms with Crippen LogP contribution in [-0.4, -0.2) is 25.0 Å². The molecule has 0 spiro atoms. The van der Waals surface area contributed by atoms with E-state index >= 15 is 0 Å². The molecule has 0 saturated carbocycles. The molecule has 2 aliphatic rings. The van der Waals surface area contributed by atoms with Crippen LogP contribution in [0.5, 0.6) is 0 Å². The number of benzene rings is 1. The molecule has 0 N–H and O–H groups in total. The Morgan fingerprint density at radius 1 is 1.12 bits per heavy atom. The highest BCUT2D eigenvalue weighted by atomic mass is 15.1. The zero-order valence-electron chi connectivity index (χ0n) is 11.4. The lowest BCUT2D eigenvalue weighted by Gasteiger charge is -2.41. The summed E-state index contributed by atoms with van der Waals surface area (Å²) in [6, 6.07) is 9.06. The predicted molar refractivity (Wildman–Crippen MR) is 74.5 cm³/mol. The molecule has 0 aromatic heterocycles. The van der Waals surface area contributed by atoms with E-state index in [9.17, 15) is 0 Å². The van der Waals surface area contributed by atoms with Crippen LogP contribution in [-0.2, 0) is 6.42 Å². The average Bonchev–Trinajstić information content (AvgIpc) is 2.41. The highest BCUT2D eigenvalue weighted by Crippen LogP contribution is 2.40. The van der Waals surface area contributed by atoms with Gasteiger partial charge in [-0.15, -0.1) is 0 Å². The molecule has 1 aromatic rings.